The summed E-state index contributed by atoms with van der Waals surface area (Å²) in [6.07, 6.45) is 5.79. The first-order valence-corrected chi connectivity index (χ1v) is 12.0. The van der Waals surface area contributed by atoms with Crippen LogP contribution in [0.4, 0.5) is 5.69 Å². The van der Waals surface area contributed by atoms with Crippen molar-refractivity contribution < 1.29 is 19.1 Å². The third kappa shape index (κ3) is 5.54. The lowest BCUT2D eigenvalue weighted by atomic mass is 9.83. The lowest BCUT2D eigenvalue weighted by Crippen LogP contribution is -2.39. The Bertz CT molecular complexity index is 1230. The normalized spacial score (nSPS) is 17.1. The quantitative estimate of drug-likeness (QED) is 0.465. The zero-order chi connectivity index (χ0) is 25.5. The van der Waals surface area contributed by atoms with Gasteiger partial charge >= 0.3 is 0 Å². The minimum absolute atomic E-state index is 0.0123. The van der Waals surface area contributed by atoms with Crippen molar-refractivity contribution in [3.05, 3.63) is 83.7 Å². The number of amides is 2. The van der Waals surface area contributed by atoms with Crippen molar-refractivity contribution >= 4 is 23.7 Å². The molecule has 3 aromatic rings. The number of benzene rings is 2. The Hall–Kier alpha value is -4.20. The molecule has 0 radical (unpaired) electrons. The monoisotopic (exact) mass is 486 g/mol. The molecule has 36 heavy (non-hydrogen) atoms. The highest BCUT2D eigenvalue weighted by atomic mass is 16.5. The number of carbonyl (C=O) groups excluding carboxylic acids is 2. The van der Waals surface area contributed by atoms with Crippen LogP contribution in [0.1, 0.15) is 47.7 Å². The summed E-state index contributed by atoms with van der Waals surface area (Å²) in [5.74, 6) is 0.588. The third-order valence-corrected chi connectivity index (χ3v) is 6.13. The predicted octanol–water partition coefficient (Wildman–Crippen LogP) is 4.88. The fraction of sp³-hybridized carbons (Fsp3) is 0.286. The van der Waals surface area contributed by atoms with Gasteiger partial charge in [0.1, 0.15) is 0 Å². The molecule has 0 saturated heterocycles. The molecule has 0 fully saturated rings. The fourth-order valence-electron chi connectivity index (χ4n) is 4.22. The summed E-state index contributed by atoms with van der Waals surface area (Å²) in [5.41, 5.74) is 2.92. The molecule has 186 valence electrons. The number of anilines is 1. The van der Waals surface area contributed by atoms with E-state index < -0.39 is 0 Å². The van der Waals surface area contributed by atoms with Gasteiger partial charge in [0.25, 0.3) is 11.8 Å². The van der Waals surface area contributed by atoms with Crippen molar-refractivity contribution in [2.45, 2.75) is 32.7 Å². The van der Waals surface area contributed by atoms with Crippen LogP contribution >= 0.6 is 0 Å². The summed E-state index contributed by atoms with van der Waals surface area (Å²) >= 11 is 0. The molecule has 2 amide bonds. The van der Waals surface area contributed by atoms with Gasteiger partial charge in [-0.2, -0.15) is 5.10 Å². The minimum Gasteiger partial charge on any atom is -0.493 e. The number of hydrogen-bond acceptors (Lipinski definition) is 6. The molecule has 2 unspecified atom stereocenters. The lowest BCUT2D eigenvalue weighted by Gasteiger charge is -2.32. The fourth-order valence-corrected chi connectivity index (χ4v) is 4.22. The average Bonchev–Trinajstić information content (AvgIpc) is 2.91. The van der Waals surface area contributed by atoms with Crippen LogP contribution < -0.4 is 14.8 Å². The second-order valence-electron chi connectivity index (χ2n) is 8.45. The van der Waals surface area contributed by atoms with Gasteiger partial charge in [-0.3, -0.25) is 14.6 Å². The second-order valence-corrected chi connectivity index (χ2v) is 8.45. The van der Waals surface area contributed by atoms with Gasteiger partial charge in [-0.15, -0.1) is 0 Å². The van der Waals surface area contributed by atoms with Crippen molar-refractivity contribution in [1.29, 1.82) is 0 Å². The van der Waals surface area contributed by atoms with Gasteiger partial charge in [0.2, 0.25) is 0 Å². The van der Waals surface area contributed by atoms with E-state index in [1.807, 2.05) is 55.6 Å². The van der Waals surface area contributed by atoms with Crippen molar-refractivity contribution in [2.24, 2.45) is 11.0 Å². The number of methoxy groups -OCH3 is 1. The standard InChI is InChI=1S/C28H30N4O4/c1-4-20-17-30-32(28(34)26(20)21-10-13-24(35-3)25(15-21)36-5-2)18-19-8-11-23(12-9-19)31-27(33)22-7-6-14-29-16-22/h6-17,20,26H,4-5,18H2,1-3H3,(H,31,33). The zero-order valence-corrected chi connectivity index (χ0v) is 20.7. The Kier molecular flexibility index (Phi) is 7.95. The van der Waals surface area contributed by atoms with E-state index in [2.05, 4.69) is 22.3 Å². The number of hydrogen-bond donors (Lipinski definition) is 1. The number of aromatic nitrogens is 1. The molecule has 0 saturated carbocycles. The van der Waals surface area contributed by atoms with Gasteiger partial charge in [-0.1, -0.05) is 25.1 Å². The molecular weight excluding hydrogens is 456 g/mol. The molecule has 0 spiro atoms. The molecule has 2 heterocycles. The average molecular weight is 487 g/mol. The van der Waals surface area contributed by atoms with Crippen LogP contribution in [0.3, 0.4) is 0 Å². The van der Waals surface area contributed by atoms with Gasteiger partial charge in [0, 0.05) is 30.2 Å². The maximum atomic E-state index is 13.6. The van der Waals surface area contributed by atoms with Crippen LogP contribution in [0, 0.1) is 5.92 Å². The molecule has 1 aliphatic heterocycles. The highest BCUT2D eigenvalue weighted by molar-refractivity contribution is 6.04. The molecular formula is C28H30N4O4. The molecule has 8 heteroatoms. The summed E-state index contributed by atoms with van der Waals surface area (Å²) < 4.78 is 11.1. The Labute approximate surface area is 210 Å². The Balaban J connectivity index is 1.49. The molecule has 2 aromatic carbocycles. The van der Waals surface area contributed by atoms with E-state index in [1.54, 1.807) is 25.4 Å². The molecule has 8 nitrogen and oxygen atoms in total. The van der Waals surface area contributed by atoms with E-state index in [9.17, 15) is 9.59 Å². The Morgan fingerprint density at radius 3 is 2.56 bits per heavy atom. The SMILES string of the molecule is CCOc1cc(C2C(=O)N(Cc3ccc(NC(=O)c4cccnc4)cc3)N=CC2CC)ccc1OC. The van der Waals surface area contributed by atoms with Crippen molar-refractivity contribution in [3.8, 4) is 11.5 Å². The number of nitrogens with zero attached hydrogens (tertiary/aromatic N) is 3. The number of rotatable bonds is 9. The minimum atomic E-state index is -0.365. The molecule has 0 bridgehead atoms. The summed E-state index contributed by atoms with van der Waals surface area (Å²) in [7, 11) is 1.60. The highest BCUT2D eigenvalue weighted by Crippen LogP contribution is 2.37. The topological polar surface area (TPSA) is 93.1 Å². The van der Waals surface area contributed by atoms with E-state index in [-0.39, 0.29) is 23.7 Å². The number of ether oxygens (including phenoxy) is 2. The number of pyridine rings is 1. The second kappa shape index (κ2) is 11.5. The Morgan fingerprint density at radius 2 is 1.89 bits per heavy atom. The number of carbonyl (C=O) groups is 2. The van der Waals surface area contributed by atoms with Crippen LogP contribution in [0.25, 0.3) is 0 Å². The van der Waals surface area contributed by atoms with Gasteiger partial charge in [0.05, 0.1) is 31.7 Å². The van der Waals surface area contributed by atoms with Gasteiger partial charge in [0.15, 0.2) is 11.5 Å². The molecule has 2 atom stereocenters. The van der Waals surface area contributed by atoms with E-state index in [1.165, 1.54) is 11.2 Å². The molecule has 4 rings (SSSR count). The summed E-state index contributed by atoms with van der Waals surface area (Å²) in [5, 5.41) is 8.82. The first-order chi connectivity index (χ1) is 17.5. The van der Waals surface area contributed by atoms with E-state index in [4.69, 9.17) is 9.47 Å². The summed E-state index contributed by atoms with van der Waals surface area (Å²) in [6.45, 7) is 4.80. The van der Waals surface area contributed by atoms with Crippen LogP contribution in [0.5, 0.6) is 11.5 Å². The maximum Gasteiger partial charge on any atom is 0.257 e. The largest absolute Gasteiger partial charge is 0.493 e. The molecule has 0 aliphatic carbocycles. The molecule has 1 aromatic heterocycles. The van der Waals surface area contributed by atoms with E-state index in [0.29, 0.717) is 35.9 Å². The van der Waals surface area contributed by atoms with Crippen molar-refractivity contribution in [2.75, 3.05) is 19.0 Å². The van der Waals surface area contributed by atoms with Gasteiger partial charge < -0.3 is 14.8 Å². The lowest BCUT2D eigenvalue weighted by molar-refractivity contribution is -0.135. The first-order valence-electron chi connectivity index (χ1n) is 12.0. The van der Waals surface area contributed by atoms with Crippen LogP contribution in [0.2, 0.25) is 0 Å². The summed E-state index contributed by atoms with van der Waals surface area (Å²) in [6, 6.07) is 16.5. The molecule has 1 aliphatic rings. The first kappa shape index (κ1) is 24.9. The van der Waals surface area contributed by atoms with Crippen LogP contribution in [-0.4, -0.2) is 41.7 Å². The molecule has 1 N–H and O–H groups in total. The Morgan fingerprint density at radius 1 is 1.08 bits per heavy atom. The number of nitrogens with one attached hydrogen (secondary N) is 1. The third-order valence-electron chi connectivity index (χ3n) is 6.13. The van der Waals surface area contributed by atoms with Crippen LogP contribution in [-0.2, 0) is 11.3 Å². The smallest absolute Gasteiger partial charge is 0.257 e. The zero-order valence-electron chi connectivity index (χ0n) is 20.7. The van der Waals surface area contributed by atoms with Crippen LogP contribution in [0.15, 0.2) is 72.1 Å². The van der Waals surface area contributed by atoms with E-state index >= 15 is 0 Å². The highest BCUT2D eigenvalue weighted by Gasteiger charge is 2.35. The van der Waals surface area contributed by atoms with E-state index in [0.717, 1.165) is 17.5 Å². The predicted molar refractivity (Wildman–Crippen MR) is 138 cm³/mol. The van der Waals surface area contributed by atoms with Gasteiger partial charge in [-0.05, 0) is 60.9 Å². The van der Waals surface area contributed by atoms with Crippen molar-refractivity contribution in [3.63, 3.8) is 0 Å². The number of hydrazone groups is 1. The van der Waals surface area contributed by atoms with Crippen molar-refractivity contribution in [1.82, 2.24) is 9.99 Å². The maximum absolute atomic E-state index is 13.6. The van der Waals surface area contributed by atoms with Gasteiger partial charge in [-0.25, -0.2) is 5.01 Å². The summed E-state index contributed by atoms with van der Waals surface area (Å²) in [4.78, 5) is 29.9.